The van der Waals surface area contributed by atoms with Crippen molar-refractivity contribution in [1.29, 1.82) is 0 Å². The molecule has 0 aliphatic carbocycles. The lowest BCUT2D eigenvalue weighted by Gasteiger charge is -2.15. The van der Waals surface area contributed by atoms with Crippen LogP contribution < -0.4 is 4.74 Å². The summed E-state index contributed by atoms with van der Waals surface area (Å²) < 4.78 is 5.40. The number of alkyl halides is 1. The highest BCUT2D eigenvalue weighted by Gasteiger charge is 2.15. The minimum absolute atomic E-state index is 0.0667. The van der Waals surface area contributed by atoms with Crippen LogP contribution in [0.3, 0.4) is 0 Å². The number of rotatable bonds is 4. The predicted molar refractivity (Wildman–Crippen MR) is 87.0 cm³/mol. The number of methoxy groups -OCH3 is 1. The van der Waals surface area contributed by atoms with Crippen LogP contribution in [-0.2, 0) is 0 Å². The zero-order valence-electron chi connectivity index (χ0n) is 10.7. The minimum atomic E-state index is 0.0667. The van der Waals surface area contributed by atoms with Gasteiger partial charge < -0.3 is 4.74 Å². The quantitative estimate of drug-likeness (QED) is 0.523. The van der Waals surface area contributed by atoms with E-state index in [0.29, 0.717) is 5.02 Å². The van der Waals surface area contributed by atoms with Gasteiger partial charge in [-0.05, 0) is 42.2 Å². The number of hydrogen-bond acceptors (Lipinski definition) is 2. The number of thioether (sulfide) groups is 1. The van der Waals surface area contributed by atoms with Crippen molar-refractivity contribution in [3.05, 3.63) is 58.6 Å². The Morgan fingerprint density at radius 2 is 1.84 bits per heavy atom. The largest absolute Gasteiger partial charge is 0.496 e. The standard InChI is InChI=1S/C15H14BrClOS/c1-18-14-8-5-11(17)9-13(14)15(16)10-3-6-12(19-2)7-4-10/h3-9,15H,1-2H3. The highest BCUT2D eigenvalue weighted by molar-refractivity contribution is 9.09. The highest BCUT2D eigenvalue weighted by Crippen LogP contribution is 2.38. The molecule has 2 aromatic carbocycles. The van der Waals surface area contributed by atoms with E-state index < -0.39 is 0 Å². The lowest BCUT2D eigenvalue weighted by atomic mass is 10.0. The third-order valence-electron chi connectivity index (χ3n) is 2.87. The molecule has 0 heterocycles. The van der Waals surface area contributed by atoms with Crippen LogP contribution in [0.25, 0.3) is 0 Å². The van der Waals surface area contributed by atoms with Crippen molar-refractivity contribution < 1.29 is 4.74 Å². The molecule has 1 unspecified atom stereocenters. The van der Waals surface area contributed by atoms with E-state index in [0.717, 1.165) is 11.3 Å². The van der Waals surface area contributed by atoms with E-state index in [1.807, 2.05) is 18.2 Å². The van der Waals surface area contributed by atoms with Crippen molar-refractivity contribution in [3.8, 4) is 5.75 Å². The van der Waals surface area contributed by atoms with Gasteiger partial charge in [-0.15, -0.1) is 11.8 Å². The second-order valence-corrected chi connectivity index (χ2v) is 6.25. The summed E-state index contributed by atoms with van der Waals surface area (Å²) >= 11 is 11.5. The second kappa shape index (κ2) is 6.69. The van der Waals surface area contributed by atoms with E-state index in [1.54, 1.807) is 18.9 Å². The first-order valence-corrected chi connectivity index (χ1v) is 8.29. The average molecular weight is 358 g/mol. The normalized spacial score (nSPS) is 12.2. The summed E-state index contributed by atoms with van der Waals surface area (Å²) in [4.78, 5) is 1.32. The summed E-state index contributed by atoms with van der Waals surface area (Å²) in [7, 11) is 1.67. The summed E-state index contributed by atoms with van der Waals surface area (Å²) in [6.45, 7) is 0. The minimum Gasteiger partial charge on any atom is -0.496 e. The zero-order chi connectivity index (χ0) is 13.8. The van der Waals surface area contributed by atoms with Gasteiger partial charge in [-0.3, -0.25) is 0 Å². The van der Waals surface area contributed by atoms with Gasteiger partial charge in [0.1, 0.15) is 5.75 Å². The fraction of sp³-hybridized carbons (Fsp3) is 0.200. The molecule has 100 valence electrons. The maximum Gasteiger partial charge on any atom is 0.123 e. The summed E-state index contributed by atoms with van der Waals surface area (Å²) in [5, 5.41) is 0.709. The Balaban J connectivity index is 2.36. The smallest absolute Gasteiger partial charge is 0.123 e. The lowest BCUT2D eigenvalue weighted by molar-refractivity contribution is 0.410. The number of ether oxygens (including phenoxy) is 1. The van der Waals surface area contributed by atoms with Crippen LogP contribution >= 0.6 is 39.3 Å². The first-order valence-electron chi connectivity index (χ1n) is 5.77. The van der Waals surface area contributed by atoms with Crippen LogP contribution in [0.5, 0.6) is 5.75 Å². The average Bonchev–Trinajstić information content (AvgIpc) is 2.46. The van der Waals surface area contributed by atoms with Crippen LogP contribution in [0.4, 0.5) is 0 Å². The molecule has 0 fully saturated rings. The van der Waals surface area contributed by atoms with Gasteiger partial charge >= 0.3 is 0 Å². The van der Waals surface area contributed by atoms with Crippen molar-refractivity contribution >= 4 is 39.3 Å². The first-order chi connectivity index (χ1) is 9.15. The first kappa shape index (κ1) is 14.8. The van der Waals surface area contributed by atoms with Crippen molar-refractivity contribution in [2.45, 2.75) is 9.72 Å². The van der Waals surface area contributed by atoms with Gasteiger partial charge in [0.15, 0.2) is 0 Å². The Hall–Kier alpha value is -0.640. The fourth-order valence-electron chi connectivity index (χ4n) is 1.86. The van der Waals surface area contributed by atoms with Gasteiger partial charge in [0.05, 0.1) is 11.9 Å². The highest BCUT2D eigenvalue weighted by atomic mass is 79.9. The molecule has 2 rings (SSSR count). The van der Waals surface area contributed by atoms with Gasteiger partial charge in [0, 0.05) is 15.5 Å². The Kier molecular flexibility index (Phi) is 5.20. The Morgan fingerprint density at radius 1 is 1.16 bits per heavy atom. The van der Waals surface area contributed by atoms with Crippen LogP contribution in [0.15, 0.2) is 47.4 Å². The summed E-state index contributed by atoms with van der Waals surface area (Å²) in [5.74, 6) is 0.834. The SMILES string of the molecule is COc1ccc(Cl)cc1C(Br)c1ccc(SC)cc1. The van der Waals surface area contributed by atoms with E-state index >= 15 is 0 Å². The Labute approximate surface area is 131 Å². The molecule has 0 N–H and O–H groups in total. The molecule has 0 saturated heterocycles. The van der Waals surface area contributed by atoms with E-state index in [4.69, 9.17) is 16.3 Å². The zero-order valence-corrected chi connectivity index (χ0v) is 13.8. The molecule has 1 nitrogen and oxygen atoms in total. The topological polar surface area (TPSA) is 9.23 Å². The molecule has 19 heavy (non-hydrogen) atoms. The van der Waals surface area contributed by atoms with Gasteiger partial charge in [0.25, 0.3) is 0 Å². The molecular weight excluding hydrogens is 344 g/mol. The summed E-state index contributed by atoms with van der Waals surface area (Å²) in [6, 6.07) is 14.1. The number of halogens is 2. The molecule has 0 radical (unpaired) electrons. The van der Waals surface area contributed by atoms with E-state index in [9.17, 15) is 0 Å². The van der Waals surface area contributed by atoms with E-state index in [1.165, 1.54) is 10.5 Å². The van der Waals surface area contributed by atoms with Gasteiger partial charge in [-0.2, -0.15) is 0 Å². The van der Waals surface area contributed by atoms with Crippen LogP contribution in [0.1, 0.15) is 16.0 Å². The lowest BCUT2D eigenvalue weighted by Crippen LogP contribution is -1.97. The van der Waals surface area contributed by atoms with E-state index in [2.05, 4.69) is 46.5 Å². The molecule has 2 aromatic rings. The molecule has 0 aliphatic heterocycles. The number of hydrogen-bond donors (Lipinski definition) is 0. The van der Waals surface area contributed by atoms with Crippen molar-refractivity contribution in [3.63, 3.8) is 0 Å². The molecule has 0 amide bonds. The molecule has 0 spiro atoms. The van der Waals surface area contributed by atoms with Crippen LogP contribution in [-0.4, -0.2) is 13.4 Å². The van der Waals surface area contributed by atoms with Gasteiger partial charge in [0.2, 0.25) is 0 Å². The fourth-order valence-corrected chi connectivity index (χ4v) is 3.11. The second-order valence-electron chi connectivity index (χ2n) is 4.02. The molecule has 0 aliphatic rings. The predicted octanol–water partition coefficient (Wildman–Crippen LogP) is 5.55. The van der Waals surface area contributed by atoms with Crippen LogP contribution in [0, 0.1) is 0 Å². The molecular formula is C15H14BrClOS. The van der Waals surface area contributed by atoms with Gasteiger partial charge in [-0.25, -0.2) is 0 Å². The van der Waals surface area contributed by atoms with Crippen molar-refractivity contribution in [1.82, 2.24) is 0 Å². The van der Waals surface area contributed by atoms with E-state index in [-0.39, 0.29) is 4.83 Å². The van der Waals surface area contributed by atoms with Crippen molar-refractivity contribution in [2.75, 3.05) is 13.4 Å². The maximum atomic E-state index is 6.07. The maximum absolute atomic E-state index is 6.07. The molecule has 0 saturated carbocycles. The molecule has 1 atom stereocenters. The Morgan fingerprint density at radius 3 is 2.42 bits per heavy atom. The van der Waals surface area contributed by atoms with Gasteiger partial charge in [-0.1, -0.05) is 39.7 Å². The molecule has 0 aromatic heterocycles. The third kappa shape index (κ3) is 3.47. The number of benzene rings is 2. The Bertz CT molecular complexity index is 557. The molecule has 4 heteroatoms. The van der Waals surface area contributed by atoms with Crippen LogP contribution in [0.2, 0.25) is 5.02 Å². The summed E-state index contributed by atoms with van der Waals surface area (Å²) in [6.07, 6.45) is 2.07. The third-order valence-corrected chi connectivity index (χ3v) is 4.87. The summed E-state index contributed by atoms with van der Waals surface area (Å²) in [5.41, 5.74) is 2.21. The van der Waals surface area contributed by atoms with Crippen molar-refractivity contribution in [2.24, 2.45) is 0 Å². The molecule has 0 bridgehead atoms. The monoisotopic (exact) mass is 356 g/mol.